The summed E-state index contributed by atoms with van der Waals surface area (Å²) in [7, 11) is 0. The molecule has 4 saturated heterocycles. The summed E-state index contributed by atoms with van der Waals surface area (Å²) in [6, 6.07) is 15.0. The van der Waals surface area contributed by atoms with Crippen LogP contribution < -0.4 is 14.8 Å². The molecular formula is C45H65Cl2N5O8. The Hall–Kier alpha value is -4.20. The van der Waals surface area contributed by atoms with Gasteiger partial charge in [0, 0.05) is 81.5 Å². The molecule has 1 N–H and O–H groups in total. The van der Waals surface area contributed by atoms with Crippen LogP contribution in [-0.2, 0) is 19.1 Å². The Kier molecular flexibility index (Phi) is 23.7. The van der Waals surface area contributed by atoms with Crippen LogP contribution in [0.25, 0.3) is 0 Å². The number of Topliss-reactive ketones (excluding diaryl/α,β-unsaturated/α-hetero) is 2. The van der Waals surface area contributed by atoms with E-state index in [0.717, 1.165) is 88.6 Å². The van der Waals surface area contributed by atoms with E-state index in [2.05, 4.69) is 22.1 Å². The van der Waals surface area contributed by atoms with Gasteiger partial charge in [0.05, 0.1) is 32.9 Å². The molecule has 5 heterocycles. The maximum Gasteiger partial charge on any atom is 0.223 e. The van der Waals surface area contributed by atoms with Gasteiger partial charge >= 0.3 is 0 Å². The second-order valence-corrected chi connectivity index (χ2v) is 15.5. The minimum absolute atomic E-state index is 0. The van der Waals surface area contributed by atoms with Crippen LogP contribution in [0.3, 0.4) is 0 Å². The summed E-state index contributed by atoms with van der Waals surface area (Å²) >= 11 is 5.57. The predicted molar refractivity (Wildman–Crippen MR) is 237 cm³/mol. The smallest absolute Gasteiger partial charge is 0.223 e. The molecule has 0 aliphatic carbocycles. The Morgan fingerprint density at radius 2 is 1.30 bits per heavy atom. The molecular weight excluding hydrogens is 809 g/mol. The van der Waals surface area contributed by atoms with Crippen molar-refractivity contribution in [2.75, 3.05) is 78.1 Å². The standard InChI is InChI=1S/C20H28N2O3.C15H18ClNO3.C6H11NO.C4H7NO.ClH/c1-16-5-2-11-21(16)13-4-14-25-18-9-7-17(8-10-18)19(23)15-22-12-3-6-20(22)24;16-8-2-10-20-13-6-4-12(5-7-13)14(18)11-17-9-1-3-15(17)19;1-2-8-6-4-3-5-7-6;6-4-2-1-3-5-4;/h7-10,16H,2-6,11-15H2,1H3;4-7H,1-3,8-11H2;2-5H2,1H3;1-3H2,(H,5,6);1H/t16-;;;;/m1..../s1. The fourth-order valence-electron chi connectivity index (χ4n) is 7.14. The molecule has 15 heteroatoms. The number of rotatable bonds is 16. The SMILES string of the molecule is CCOC1=NCCC1.C[C@@H]1CCCN1CCCOc1ccc(C(=O)CN2CCCC2=O)cc1.Cl.O=C(CN1CCCC1=O)c1ccc(OCCCCl)cc1.O=C1CCCN1. The van der Waals surface area contributed by atoms with Gasteiger partial charge in [0.1, 0.15) is 11.5 Å². The fraction of sp³-hybridized carbons (Fsp3) is 0.600. The number of ketones is 2. The van der Waals surface area contributed by atoms with E-state index in [1.807, 2.05) is 19.1 Å². The highest BCUT2D eigenvalue weighted by Gasteiger charge is 2.24. The van der Waals surface area contributed by atoms with Gasteiger partial charge in [-0.2, -0.15) is 0 Å². The number of benzene rings is 2. The first-order valence-electron chi connectivity index (χ1n) is 21.5. The van der Waals surface area contributed by atoms with Gasteiger partial charge in [-0.05, 0) is 120 Å². The van der Waals surface area contributed by atoms with Crippen molar-refractivity contribution in [2.45, 2.75) is 96.9 Å². The van der Waals surface area contributed by atoms with Gasteiger partial charge in [0.2, 0.25) is 17.7 Å². The summed E-state index contributed by atoms with van der Waals surface area (Å²) in [5.74, 6) is 3.35. The number of alkyl halides is 1. The van der Waals surface area contributed by atoms with Gasteiger partial charge in [-0.1, -0.05) is 0 Å². The summed E-state index contributed by atoms with van der Waals surface area (Å²) in [6.45, 7) is 12.2. The van der Waals surface area contributed by atoms with E-state index >= 15 is 0 Å². The second-order valence-electron chi connectivity index (χ2n) is 15.1. The Labute approximate surface area is 367 Å². The average molecular weight is 875 g/mol. The highest BCUT2D eigenvalue weighted by atomic mass is 35.5. The largest absolute Gasteiger partial charge is 0.494 e. The zero-order chi connectivity index (χ0) is 42.2. The van der Waals surface area contributed by atoms with Crippen LogP contribution in [0.1, 0.15) is 112 Å². The number of nitrogens with one attached hydrogen (secondary N) is 1. The van der Waals surface area contributed by atoms with Crippen LogP contribution in [0.15, 0.2) is 53.5 Å². The Balaban J connectivity index is 0.000000242. The van der Waals surface area contributed by atoms with Crippen LogP contribution in [0.4, 0.5) is 0 Å². The zero-order valence-corrected chi connectivity index (χ0v) is 37.1. The number of nitrogens with zero attached hydrogens (tertiary/aromatic N) is 4. The number of hydrogen-bond acceptors (Lipinski definition) is 10. The molecule has 1 atom stereocenters. The molecule has 0 saturated carbocycles. The average Bonchev–Trinajstić information content (AvgIpc) is 4.12. The topological polar surface area (TPSA) is 147 Å². The summed E-state index contributed by atoms with van der Waals surface area (Å²) in [4.78, 5) is 67.4. The van der Waals surface area contributed by atoms with Gasteiger partial charge < -0.3 is 34.2 Å². The molecule has 4 fully saturated rings. The van der Waals surface area contributed by atoms with Gasteiger partial charge in [0.25, 0.3) is 0 Å². The van der Waals surface area contributed by atoms with Gasteiger partial charge in [-0.15, -0.1) is 24.0 Å². The molecule has 13 nitrogen and oxygen atoms in total. The van der Waals surface area contributed by atoms with Crippen molar-refractivity contribution < 1.29 is 38.2 Å². The predicted octanol–water partition coefficient (Wildman–Crippen LogP) is 6.78. The number of carbonyl (C=O) groups excluding carboxylic acids is 5. The molecule has 0 radical (unpaired) electrons. The molecule has 5 aliphatic heterocycles. The summed E-state index contributed by atoms with van der Waals surface area (Å²) in [5.41, 5.74) is 1.24. The highest BCUT2D eigenvalue weighted by Crippen LogP contribution is 2.19. The number of likely N-dealkylation sites (tertiary alicyclic amines) is 3. The summed E-state index contributed by atoms with van der Waals surface area (Å²) < 4.78 is 16.4. The first kappa shape index (κ1) is 50.2. The van der Waals surface area contributed by atoms with E-state index < -0.39 is 0 Å². The van der Waals surface area contributed by atoms with Crippen molar-refractivity contribution >= 4 is 59.2 Å². The van der Waals surface area contributed by atoms with Crippen molar-refractivity contribution in [1.82, 2.24) is 20.0 Å². The molecule has 2 aromatic rings. The van der Waals surface area contributed by atoms with Gasteiger partial charge in [0.15, 0.2) is 17.5 Å². The molecule has 60 heavy (non-hydrogen) atoms. The maximum atomic E-state index is 12.3. The number of amides is 3. The first-order valence-corrected chi connectivity index (χ1v) is 22.0. The third-order valence-corrected chi connectivity index (χ3v) is 10.8. The molecule has 332 valence electrons. The molecule has 0 spiro atoms. The van der Waals surface area contributed by atoms with Crippen molar-refractivity contribution in [3.63, 3.8) is 0 Å². The number of hydrogen-bond donors (Lipinski definition) is 1. The summed E-state index contributed by atoms with van der Waals surface area (Å²) in [5, 5.41) is 2.68. The van der Waals surface area contributed by atoms with Crippen molar-refractivity contribution in [1.29, 1.82) is 0 Å². The second kappa shape index (κ2) is 28.3. The van der Waals surface area contributed by atoms with Gasteiger partial charge in [-0.25, -0.2) is 0 Å². The molecule has 0 aromatic heterocycles. The maximum absolute atomic E-state index is 12.3. The Morgan fingerprint density at radius 3 is 1.68 bits per heavy atom. The third-order valence-electron chi connectivity index (χ3n) is 10.5. The quantitative estimate of drug-likeness (QED) is 0.110. The van der Waals surface area contributed by atoms with Crippen LogP contribution in [0, 0.1) is 0 Å². The zero-order valence-electron chi connectivity index (χ0n) is 35.5. The highest BCUT2D eigenvalue weighted by molar-refractivity contribution is 6.17. The lowest BCUT2D eigenvalue weighted by Crippen LogP contribution is -2.30. The van der Waals surface area contributed by atoms with Crippen LogP contribution in [0.2, 0.25) is 0 Å². The monoisotopic (exact) mass is 873 g/mol. The molecule has 5 aliphatic rings. The van der Waals surface area contributed by atoms with E-state index in [4.69, 9.17) is 25.8 Å². The lowest BCUT2D eigenvalue weighted by Gasteiger charge is -2.20. The normalized spacial score (nSPS) is 18.2. The van der Waals surface area contributed by atoms with E-state index in [-0.39, 0.29) is 54.8 Å². The van der Waals surface area contributed by atoms with E-state index in [1.54, 1.807) is 46.2 Å². The molecule has 0 unspecified atom stereocenters. The lowest BCUT2D eigenvalue weighted by atomic mass is 10.1. The number of carbonyl (C=O) groups is 5. The van der Waals surface area contributed by atoms with E-state index in [1.165, 1.54) is 25.8 Å². The van der Waals surface area contributed by atoms with Crippen LogP contribution in [0.5, 0.6) is 11.5 Å². The van der Waals surface area contributed by atoms with Crippen molar-refractivity contribution in [2.24, 2.45) is 4.99 Å². The minimum atomic E-state index is -0.0347. The summed E-state index contributed by atoms with van der Waals surface area (Å²) in [6.07, 6.45) is 11.2. The fourth-order valence-corrected chi connectivity index (χ4v) is 7.24. The molecule has 3 amide bonds. The number of ether oxygens (including phenoxy) is 3. The van der Waals surface area contributed by atoms with Gasteiger partial charge in [-0.3, -0.25) is 29.0 Å². The number of aliphatic imine (C=N–C) groups is 1. The minimum Gasteiger partial charge on any atom is -0.494 e. The van der Waals surface area contributed by atoms with Crippen LogP contribution >= 0.6 is 24.0 Å². The Bertz CT molecular complexity index is 1650. The van der Waals surface area contributed by atoms with E-state index in [0.29, 0.717) is 62.2 Å². The number of halogens is 2. The lowest BCUT2D eigenvalue weighted by molar-refractivity contribution is -0.128. The third kappa shape index (κ3) is 18.2. The van der Waals surface area contributed by atoms with E-state index in [9.17, 15) is 24.0 Å². The molecule has 0 bridgehead atoms. The molecule has 7 rings (SSSR count). The van der Waals surface area contributed by atoms with Crippen LogP contribution in [-0.4, -0.2) is 134 Å². The Morgan fingerprint density at radius 1 is 0.733 bits per heavy atom. The van der Waals surface area contributed by atoms with Crippen molar-refractivity contribution in [3.05, 3.63) is 59.7 Å². The molecule has 2 aromatic carbocycles. The van der Waals surface area contributed by atoms with Crippen molar-refractivity contribution in [3.8, 4) is 11.5 Å². The first-order chi connectivity index (χ1) is 28.7.